The van der Waals surface area contributed by atoms with Crippen molar-refractivity contribution in [3.8, 4) is 11.5 Å². The van der Waals surface area contributed by atoms with Gasteiger partial charge < -0.3 is 24.6 Å². The molecule has 1 aliphatic rings. The van der Waals surface area contributed by atoms with Crippen LogP contribution >= 0.6 is 0 Å². The lowest BCUT2D eigenvalue weighted by molar-refractivity contribution is -0.384. The monoisotopic (exact) mass is 562 g/mol. The smallest absolute Gasteiger partial charge is 0.408 e. The second-order valence-corrected chi connectivity index (χ2v) is 10.7. The zero-order chi connectivity index (χ0) is 29.8. The van der Waals surface area contributed by atoms with Crippen LogP contribution in [0.5, 0.6) is 11.5 Å². The Labute approximate surface area is 236 Å². The van der Waals surface area contributed by atoms with Crippen LogP contribution in [0.2, 0.25) is 0 Å². The summed E-state index contributed by atoms with van der Waals surface area (Å²) in [5.41, 5.74) is -0.938. The first kappa shape index (κ1) is 29.1. The predicted octanol–water partition coefficient (Wildman–Crippen LogP) is 5.58. The number of fused-ring (bicyclic) bond motifs is 1. The number of nitrogens with zero attached hydrogens (tertiary/aromatic N) is 1. The molecule has 0 radical (unpaired) electrons. The maximum Gasteiger partial charge on any atom is 0.408 e. The molecule has 11 heteroatoms. The van der Waals surface area contributed by atoms with Crippen molar-refractivity contribution in [3.63, 3.8) is 0 Å². The number of aliphatic carboxylic acids is 1. The van der Waals surface area contributed by atoms with Crippen LogP contribution in [0.25, 0.3) is 0 Å². The van der Waals surface area contributed by atoms with Gasteiger partial charge in [-0.2, -0.15) is 0 Å². The molecule has 1 atom stereocenters. The number of hydrogen-bond acceptors (Lipinski definition) is 8. The molecular formula is C30H30N2O9. The van der Waals surface area contributed by atoms with E-state index in [2.05, 4.69) is 5.32 Å². The van der Waals surface area contributed by atoms with E-state index in [4.69, 9.17) is 14.2 Å². The second-order valence-electron chi connectivity index (χ2n) is 10.7. The Bertz CT molecular complexity index is 1480. The van der Waals surface area contributed by atoms with E-state index in [1.807, 2.05) is 12.1 Å². The van der Waals surface area contributed by atoms with Crippen LogP contribution in [0, 0.1) is 10.1 Å². The van der Waals surface area contributed by atoms with Crippen molar-refractivity contribution >= 4 is 23.7 Å². The van der Waals surface area contributed by atoms with E-state index in [-0.39, 0.29) is 42.2 Å². The SMILES string of the molecule is CC(C)(C)OC(=O)N[C@@]1(C(=O)O)CCc2cccc(Oc3ccc([N+](=O)[O-])cc3C(=O)OCc3ccccc3)c2C1. The first-order chi connectivity index (χ1) is 19.4. The summed E-state index contributed by atoms with van der Waals surface area (Å²) in [4.78, 5) is 48.9. The zero-order valence-electron chi connectivity index (χ0n) is 22.8. The number of amides is 1. The van der Waals surface area contributed by atoms with E-state index in [1.165, 1.54) is 12.1 Å². The third-order valence-electron chi connectivity index (χ3n) is 6.51. The molecule has 0 unspecified atom stereocenters. The molecular weight excluding hydrogens is 532 g/mol. The number of carbonyl (C=O) groups is 3. The van der Waals surface area contributed by atoms with Crippen molar-refractivity contribution in [2.45, 2.75) is 57.8 Å². The van der Waals surface area contributed by atoms with E-state index in [1.54, 1.807) is 57.2 Å². The highest BCUT2D eigenvalue weighted by molar-refractivity contribution is 5.93. The molecule has 214 valence electrons. The third-order valence-corrected chi connectivity index (χ3v) is 6.51. The average Bonchev–Trinajstić information content (AvgIpc) is 2.91. The Hall–Kier alpha value is -4.93. The highest BCUT2D eigenvalue weighted by atomic mass is 16.6. The molecule has 11 nitrogen and oxygen atoms in total. The molecule has 1 aliphatic carbocycles. The lowest BCUT2D eigenvalue weighted by Crippen LogP contribution is -2.58. The molecule has 0 fully saturated rings. The number of hydrogen-bond donors (Lipinski definition) is 2. The van der Waals surface area contributed by atoms with E-state index in [9.17, 15) is 29.6 Å². The fourth-order valence-electron chi connectivity index (χ4n) is 4.52. The number of carbonyl (C=O) groups excluding carboxylic acids is 2. The number of esters is 1. The van der Waals surface area contributed by atoms with Gasteiger partial charge in [-0.25, -0.2) is 14.4 Å². The van der Waals surface area contributed by atoms with Gasteiger partial charge >= 0.3 is 18.0 Å². The van der Waals surface area contributed by atoms with Gasteiger partial charge in [0.25, 0.3) is 5.69 Å². The Balaban J connectivity index is 1.65. The van der Waals surface area contributed by atoms with Crippen molar-refractivity contribution < 1.29 is 38.6 Å². The topological polar surface area (TPSA) is 154 Å². The summed E-state index contributed by atoms with van der Waals surface area (Å²) in [6, 6.07) is 17.7. The fraction of sp³-hybridized carbons (Fsp3) is 0.300. The van der Waals surface area contributed by atoms with Crippen LogP contribution in [-0.4, -0.2) is 39.2 Å². The van der Waals surface area contributed by atoms with Gasteiger partial charge in [0.2, 0.25) is 0 Å². The summed E-state index contributed by atoms with van der Waals surface area (Å²) >= 11 is 0. The number of rotatable bonds is 8. The summed E-state index contributed by atoms with van der Waals surface area (Å²) < 4.78 is 16.8. The lowest BCUT2D eigenvalue weighted by Gasteiger charge is -2.36. The summed E-state index contributed by atoms with van der Waals surface area (Å²) in [6.07, 6.45) is -0.540. The molecule has 4 rings (SSSR count). The molecule has 41 heavy (non-hydrogen) atoms. The fourth-order valence-corrected chi connectivity index (χ4v) is 4.52. The van der Waals surface area contributed by atoms with E-state index in [0.29, 0.717) is 12.0 Å². The Morgan fingerprint density at radius 2 is 1.76 bits per heavy atom. The standard InChI is InChI=1S/C30H30N2O9/c1-29(2,3)41-28(36)31-30(27(34)35)15-14-20-10-7-11-24(23(20)17-30)40-25-13-12-21(32(37)38)16-22(25)26(33)39-18-19-8-5-4-6-9-19/h4-13,16H,14-15,17-18H2,1-3H3,(H,31,36)(H,34,35)/t30-/m0/s1. The van der Waals surface area contributed by atoms with Gasteiger partial charge in [-0.3, -0.25) is 10.1 Å². The second kappa shape index (κ2) is 11.7. The number of nitrogens with one attached hydrogen (secondary N) is 1. The Kier molecular flexibility index (Phi) is 8.27. The minimum absolute atomic E-state index is 0.00587. The first-order valence-corrected chi connectivity index (χ1v) is 12.9. The van der Waals surface area contributed by atoms with Crippen molar-refractivity contribution in [2.75, 3.05) is 0 Å². The molecule has 0 saturated heterocycles. The number of benzene rings is 3. The van der Waals surface area contributed by atoms with Gasteiger partial charge in [0.1, 0.15) is 34.8 Å². The average molecular weight is 563 g/mol. The number of non-ortho nitro benzene ring substituents is 1. The summed E-state index contributed by atoms with van der Waals surface area (Å²) in [7, 11) is 0. The van der Waals surface area contributed by atoms with Crippen LogP contribution in [-0.2, 0) is 33.7 Å². The largest absolute Gasteiger partial charge is 0.479 e. The molecule has 0 bridgehead atoms. The molecule has 0 aliphatic heterocycles. The molecule has 0 aromatic heterocycles. The van der Waals surface area contributed by atoms with Crippen LogP contribution in [0.4, 0.5) is 10.5 Å². The third kappa shape index (κ3) is 6.99. The van der Waals surface area contributed by atoms with Gasteiger partial charge in [0.05, 0.1) is 4.92 Å². The van der Waals surface area contributed by atoms with Gasteiger partial charge in [0.15, 0.2) is 0 Å². The van der Waals surface area contributed by atoms with Gasteiger partial charge in [-0.1, -0.05) is 42.5 Å². The van der Waals surface area contributed by atoms with E-state index in [0.717, 1.165) is 17.2 Å². The van der Waals surface area contributed by atoms with Crippen LogP contribution in [0.1, 0.15) is 54.2 Å². The maximum absolute atomic E-state index is 13.1. The summed E-state index contributed by atoms with van der Waals surface area (Å²) in [5, 5.41) is 24.1. The first-order valence-electron chi connectivity index (χ1n) is 12.9. The number of nitro groups is 1. The number of carboxylic acids is 1. The van der Waals surface area contributed by atoms with Crippen molar-refractivity contribution in [1.29, 1.82) is 0 Å². The minimum atomic E-state index is -1.66. The molecule has 3 aromatic carbocycles. The van der Waals surface area contributed by atoms with Crippen LogP contribution in [0.15, 0.2) is 66.7 Å². The molecule has 0 spiro atoms. The van der Waals surface area contributed by atoms with Crippen molar-refractivity contribution in [2.24, 2.45) is 0 Å². The van der Waals surface area contributed by atoms with Gasteiger partial charge in [0, 0.05) is 24.1 Å². The summed E-state index contributed by atoms with van der Waals surface area (Å²) in [6.45, 7) is 4.97. The Morgan fingerprint density at radius 3 is 2.41 bits per heavy atom. The summed E-state index contributed by atoms with van der Waals surface area (Å²) in [5.74, 6) is -1.83. The maximum atomic E-state index is 13.1. The number of aryl methyl sites for hydroxylation is 1. The molecule has 3 aromatic rings. The molecule has 0 heterocycles. The Morgan fingerprint density at radius 1 is 1.02 bits per heavy atom. The molecule has 1 amide bonds. The lowest BCUT2D eigenvalue weighted by atomic mass is 9.77. The van der Waals surface area contributed by atoms with E-state index < -0.39 is 34.1 Å². The molecule has 2 N–H and O–H groups in total. The van der Waals surface area contributed by atoms with Gasteiger partial charge in [-0.05, 0) is 56.9 Å². The quantitative estimate of drug-likeness (QED) is 0.203. The van der Waals surface area contributed by atoms with E-state index >= 15 is 0 Å². The van der Waals surface area contributed by atoms with Crippen molar-refractivity contribution in [1.82, 2.24) is 5.32 Å². The van der Waals surface area contributed by atoms with Crippen LogP contribution in [0.3, 0.4) is 0 Å². The van der Waals surface area contributed by atoms with Crippen molar-refractivity contribution in [3.05, 3.63) is 99.1 Å². The number of alkyl carbamates (subject to hydrolysis) is 1. The predicted molar refractivity (Wildman–Crippen MR) is 147 cm³/mol. The number of nitro benzene ring substituents is 1. The highest BCUT2D eigenvalue weighted by Crippen LogP contribution is 2.38. The van der Waals surface area contributed by atoms with Gasteiger partial charge in [-0.15, -0.1) is 0 Å². The highest BCUT2D eigenvalue weighted by Gasteiger charge is 2.45. The number of carboxylic acid groups (broad SMARTS) is 1. The normalized spacial score (nSPS) is 16.2. The minimum Gasteiger partial charge on any atom is -0.479 e. The molecule has 0 saturated carbocycles. The zero-order valence-corrected chi connectivity index (χ0v) is 22.8. The van der Waals surface area contributed by atoms with Crippen LogP contribution < -0.4 is 10.1 Å². The number of ether oxygens (including phenoxy) is 3.